The molecule has 0 aliphatic carbocycles. The average Bonchev–Trinajstić information content (AvgIpc) is 3.26. The fraction of sp³-hybridized carbons (Fsp3) is 0.360. The van der Waals surface area contributed by atoms with Crippen molar-refractivity contribution in [1.29, 1.82) is 0 Å². The predicted octanol–water partition coefficient (Wildman–Crippen LogP) is 2.19. The van der Waals surface area contributed by atoms with Gasteiger partial charge in [-0.2, -0.15) is 5.10 Å². The molecule has 2 aliphatic rings. The number of benzene rings is 1. The van der Waals surface area contributed by atoms with Gasteiger partial charge in [-0.15, -0.1) is 0 Å². The molecule has 0 saturated carbocycles. The van der Waals surface area contributed by atoms with Crippen molar-refractivity contribution < 1.29 is 14.3 Å². The first-order valence-corrected chi connectivity index (χ1v) is 11.4. The zero-order chi connectivity index (χ0) is 22.6. The van der Waals surface area contributed by atoms with Gasteiger partial charge in [-0.3, -0.25) is 19.3 Å². The Morgan fingerprint density at radius 1 is 0.909 bits per heavy atom. The Morgan fingerprint density at radius 2 is 1.67 bits per heavy atom. The van der Waals surface area contributed by atoms with Crippen molar-refractivity contribution in [2.45, 2.75) is 25.9 Å². The van der Waals surface area contributed by atoms with E-state index in [-0.39, 0.29) is 11.8 Å². The van der Waals surface area contributed by atoms with Crippen LogP contribution in [0.2, 0.25) is 0 Å². The van der Waals surface area contributed by atoms with E-state index in [1.165, 1.54) is 5.56 Å². The highest BCUT2D eigenvalue weighted by Crippen LogP contribution is 2.26. The van der Waals surface area contributed by atoms with E-state index in [4.69, 9.17) is 9.84 Å². The molecule has 2 amide bonds. The number of hydrogen-bond donors (Lipinski definition) is 0. The Hall–Kier alpha value is -3.52. The lowest BCUT2D eigenvalue weighted by molar-refractivity contribution is 0.0296. The van der Waals surface area contributed by atoms with Crippen LogP contribution in [0.5, 0.6) is 0 Å². The first kappa shape index (κ1) is 21.3. The molecule has 2 aliphatic heterocycles. The third-order valence-corrected chi connectivity index (χ3v) is 6.30. The van der Waals surface area contributed by atoms with Crippen LogP contribution in [-0.2, 0) is 30.7 Å². The summed E-state index contributed by atoms with van der Waals surface area (Å²) in [6, 6.07) is 13.7. The minimum atomic E-state index is -0.0776. The Labute approximate surface area is 192 Å². The fourth-order valence-corrected chi connectivity index (χ4v) is 4.49. The van der Waals surface area contributed by atoms with Crippen LogP contribution in [0.3, 0.4) is 0 Å². The maximum Gasteiger partial charge on any atom is 0.274 e. The summed E-state index contributed by atoms with van der Waals surface area (Å²) in [5.74, 6) is -0.129. The molecule has 33 heavy (non-hydrogen) atoms. The molecule has 1 fully saturated rings. The van der Waals surface area contributed by atoms with E-state index in [0.717, 1.165) is 17.7 Å². The first-order chi connectivity index (χ1) is 16.2. The normalized spacial score (nSPS) is 15.9. The van der Waals surface area contributed by atoms with Crippen LogP contribution in [0.15, 0.2) is 54.9 Å². The summed E-state index contributed by atoms with van der Waals surface area (Å²) in [5, 5.41) is 4.79. The van der Waals surface area contributed by atoms with Gasteiger partial charge in [0.2, 0.25) is 0 Å². The molecular weight excluding hydrogens is 418 g/mol. The smallest absolute Gasteiger partial charge is 0.274 e. The summed E-state index contributed by atoms with van der Waals surface area (Å²) in [4.78, 5) is 34.1. The molecule has 170 valence electrons. The van der Waals surface area contributed by atoms with Crippen LogP contribution in [-0.4, -0.2) is 69.2 Å². The molecule has 2 aromatic heterocycles. The number of aryl methyl sites for hydroxylation is 2. The van der Waals surface area contributed by atoms with Crippen LogP contribution in [0, 0.1) is 0 Å². The summed E-state index contributed by atoms with van der Waals surface area (Å²) < 4.78 is 7.39. The summed E-state index contributed by atoms with van der Waals surface area (Å²) >= 11 is 0. The van der Waals surface area contributed by atoms with Gasteiger partial charge in [0, 0.05) is 61.8 Å². The zero-order valence-electron chi connectivity index (χ0n) is 18.5. The minimum Gasteiger partial charge on any atom is -0.378 e. The lowest BCUT2D eigenvalue weighted by Crippen LogP contribution is -2.42. The summed E-state index contributed by atoms with van der Waals surface area (Å²) in [6.45, 7) is 3.86. The van der Waals surface area contributed by atoms with Gasteiger partial charge in [0.25, 0.3) is 11.8 Å². The van der Waals surface area contributed by atoms with Crippen LogP contribution >= 0.6 is 0 Å². The number of morpholine rings is 1. The van der Waals surface area contributed by atoms with E-state index < -0.39 is 0 Å². The second kappa shape index (κ2) is 9.54. The molecule has 4 heterocycles. The third kappa shape index (κ3) is 4.52. The highest BCUT2D eigenvalue weighted by molar-refractivity contribution is 5.96. The number of fused-ring (bicyclic) bond motifs is 1. The molecule has 0 spiro atoms. The number of pyridine rings is 1. The van der Waals surface area contributed by atoms with Crippen molar-refractivity contribution in [3.8, 4) is 0 Å². The van der Waals surface area contributed by atoms with E-state index >= 15 is 0 Å². The monoisotopic (exact) mass is 445 g/mol. The lowest BCUT2D eigenvalue weighted by atomic mass is 10.0. The van der Waals surface area contributed by atoms with Crippen LogP contribution in [0.4, 0.5) is 0 Å². The quantitative estimate of drug-likeness (QED) is 0.602. The summed E-state index contributed by atoms with van der Waals surface area (Å²) in [5.41, 5.74) is 4.22. The number of nitrogens with zero attached hydrogens (tertiary/aromatic N) is 5. The van der Waals surface area contributed by atoms with Gasteiger partial charge in [0.15, 0.2) is 5.69 Å². The van der Waals surface area contributed by atoms with E-state index in [1.54, 1.807) is 34.3 Å². The van der Waals surface area contributed by atoms with Gasteiger partial charge < -0.3 is 14.5 Å². The standard InChI is InChI=1S/C25H27N5O3/c31-24(20-6-10-26-11-7-20)29-12-9-22-21(18-29)23(25(32)28-14-16-33-17-15-28)27-30(22)13-8-19-4-2-1-3-5-19/h1-7,10-11H,8-9,12-18H2. The molecule has 8 heteroatoms. The number of hydrogen-bond acceptors (Lipinski definition) is 5. The number of ether oxygens (including phenoxy) is 1. The molecule has 5 rings (SSSR count). The summed E-state index contributed by atoms with van der Waals surface area (Å²) in [7, 11) is 0. The largest absolute Gasteiger partial charge is 0.378 e. The molecule has 1 aromatic carbocycles. The lowest BCUT2D eigenvalue weighted by Gasteiger charge is -2.29. The molecular formula is C25H27N5O3. The number of carbonyl (C=O) groups is 2. The number of aromatic nitrogens is 3. The van der Waals surface area contributed by atoms with Crippen LogP contribution in [0.1, 0.15) is 37.7 Å². The third-order valence-electron chi connectivity index (χ3n) is 6.30. The average molecular weight is 446 g/mol. The molecule has 0 unspecified atom stereocenters. The molecule has 0 N–H and O–H groups in total. The van der Waals surface area contributed by atoms with Crippen LogP contribution < -0.4 is 0 Å². The maximum absolute atomic E-state index is 13.4. The number of rotatable bonds is 5. The number of amides is 2. The zero-order valence-corrected chi connectivity index (χ0v) is 18.5. The topological polar surface area (TPSA) is 80.6 Å². The van der Waals surface area contributed by atoms with Gasteiger partial charge >= 0.3 is 0 Å². The molecule has 0 atom stereocenters. The van der Waals surface area contributed by atoms with Crippen molar-refractivity contribution >= 4 is 11.8 Å². The van der Waals surface area contributed by atoms with Gasteiger partial charge in [-0.1, -0.05) is 30.3 Å². The highest BCUT2D eigenvalue weighted by Gasteiger charge is 2.32. The van der Waals surface area contributed by atoms with E-state index in [2.05, 4.69) is 17.1 Å². The maximum atomic E-state index is 13.4. The van der Waals surface area contributed by atoms with Gasteiger partial charge in [0.05, 0.1) is 19.8 Å². The second-order valence-electron chi connectivity index (χ2n) is 8.35. The van der Waals surface area contributed by atoms with E-state index in [0.29, 0.717) is 63.6 Å². The van der Waals surface area contributed by atoms with Gasteiger partial charge in [0.1, 0.15) is 0 Å². The van der Waals surface area contributed by atoms with Gasteiger partial charge in [-0.25, -0.2) is 0 Å². The Bertz CT molecular complexity index is 1120. The SMILES string of the molecule is O=C(c1ccncc1)N1CCc2c(c(C(=O)N3CCOCC3)nn2CCc2ccccc2)C1. The van der Waals surface area contributed by atoms with Crippen LogP contribution in [0.25, 0.3) is 0 Å². The molecule has 8 nitrogen and oxygen atoms in total. The fourth-order valence-electron chi connectivity index (χ4n) is 4.49. The number of carbonyl (C=O) groups excluding carboxylic acids is 2. The molecule has 0 bridgehead atoms. The Balaban J connectivity index is 1.43. The van der Waals surface area contributed by atoms with E-state index in [9.17, 15) is 9.59 Å². The Morgan fingerprint density at radius 3 is 2.42 bits per heavy atom. The van der Waals surface area contributed by atoms with Gasteiger partial charge in [-0.05, 0) is 24.1 Å². The van der Waals surface area contributed by atoms with Crippen molar-refractivity contribution in [3.05, 3.63) is 82.9 Å². The highest BCUT2D eigenvalue weighted by atomic mass is 16.5. The van der Waals surface area contributed by atoms with Crippen molar-refractivity contribution in [3.63, 3.8) is 0 Å². The first-order valence-electron chi connectivity index (χ1n) is 11.4. The second-order valence-corrected chi connectivity index (χ2v) is 8.35. The molecule has 3 aromatic rings. The summed E-state index contributed by atoms with van der Waals surface area (Å²) in [6.07, 6.45) is 4.75. The predicted molar refractivity (Wildman–Crippen MR) is 122 cm³/mol. The Kier molecular flexibility index (Phi) is 6.17. The van der Waals surface area contributed by atoms with Crippen molar-refractivity contribution in [2.75, 3.05) is 32.8 Å². The van der Waals surface area contributed by atoms with Crippen molar-refractivity contribution in [2.24, 2.45) is 0 Å². The van der Waals surface area contributed by atoms with E-state index in [1.807, 2.05) is 22.9 Å². The minimum absolute atomic E-state index is 0.0511. The van der Waals surface area contributed by atoms with Crippen molar-refractivity contribution in [1.82, 2.24) is 24.6 Å². The molecule has 1 saturated heterocycles. The molecule has 0 radical (unpaired) electrons.